The van der Waals surface area contributed by atoms with Crippen molar-refractivity contribution in [3.8, 4) is 0 Å². The van der Waals surface area contributed by atoms with Crippen molar-refractivity contribution in [3.63, 3.8) is 0 Å². The van der Waals surface area contributed by atoms with Crippen molar-refractivity contribution < 1.29 is 28.6 Å². The van der Waals surface area contributed by atoms with Gasteiger partial charge in [-0.3, -0.25) is 9.59 Å². The highest BCUT2D eigenvalue weighted by Crippen LogP contribution is 2.25. The number of carbonyl (C=O) groups is 3. The minimum Gasteiger partial charge on any atom is -0.452 e. The molecule has 1 unspecified atom stereocenters. The molecule has 7 nitrogen and oxygen atoms in total. The largest absolute Gasteiger partial charge is 0.452 e. The van der Waals surface area contributed by atoms with Gasteiger partial charge in [-0.2, -0.15) is 0 Å². The number of amides is 1. The van der Waals surface area contributed by atoms with Gasteiger partial charge in [-0.05, 0) is 19.1 Å². The third-order valence-electron chi connectivity index (χ3n) is 3.24. The number of rotatable bonds is 5. The van der Waals surface area contributed by atoms with Crippen LogP contribution in [0.15, 0.2) is 30.3 Å². The molecule has 1 N–H and O–H groups in total. The Bertz CT molecular complexity index is 573. The molecule has 0 aliphatic carbocycles. The molecule has 1 fully saturated rings. The molecule has 0 radical (unpaired) electrons. The summed E-state index contributed by atoms with van der Waals surface area (Å²) in [7, 11) is 0. The van der Waals surface area contributed by atoms with E-state index in [1.165, 1.54) is 6.92 Å². The molecular weight excluding hydrogens is 302 g/mol. The molecule has 1 aliphatic rings. The highest BCUT2D eigenvalue weighted by Gasteiger charge is 2.43. The summed E-state index contributed by atoms with van der Waals surface area (Å²) in [6.07, 6.45) is -2.62. The Morgan fingerprint density at radius 3 is 2.52 bits per heavy atom. The molecule has 1 saturated heterocycles. The topological polar surface area (TPSA) is 90.9 Å². The second kappa shape index (κ2) is 7.73. The van der Waals surface area contributed by atoms with Gasteiger partial charge in [0.25, 0.3) is 0 Å². The van der Waals surface area contributed by atoms with Gasteiger partial charge in [0, 0.05) is 19.9 Å². The molecule has 1 amide bonds. The smallest absolute Gasteiger partial charge is 0.338 e. The van der Waals surface area contributed by atoms with Crippen LogP contribution in [0.4, 0.5) is 0 Å². The fourth-order valence-corrected chi connectivity index (χ4v) is 2.23. The van der Waals surface area contributed by atoms with E-state index < -0.39 is 30.4 Å². The zero-order valence-electron chi connectivity index (χ0n) is 13.0. The Morgan fingerprint density at radius 1 is 1.22 bits per heavy atom. The molecule has 1 aliphatic heterocycles. The number of benzene rings is 1. The van der Waals surface area contributed by atoms with E-state index in [9.17, 15) is 14.4 Å². The number of carbonyl (C=O) groups excluding carboxylic acids is 3. The summed E-state index contributed by atoms with van der Waals surface area (Å²) in [6.45, 7) is 3.45. The van der Waals surface area contributed by atoms with Crippen molar-refractivity contribution in [2.45, 2.75) is 38.8 Å². The molecular formula is C16H19NO6. The zero-order chi connectivity index (χ0) is 16.8. The lowest BCUT2D eigenvalue weighted by Gasteiger charge is -2.18. The van der Waals surface area contributed by atoms with Gasteiger partial charge in [-0.25, -0.2) is 4.79 Å². The maximum Gasteiger partial charge on any atom is 0.338 e. The lowest BCUT2D eigenvalue weighted by atomic mass is 10.2. The molecule has 0 aromatic heterocycles. The molecule has 2 rings (SSSR count). The van der Waals surface area contributed by atoms with Crippen molar-refractivity contribution in [1.29, 1.82) is 0 Å². The fourth-order valence-electron chi connectivity index (χ4n) is 2.23. The van der Waals surface area contributed by atoms with Crippen LogP contribution in [0.1, 0.15) is 30.6 Å². The number of nitrogens with one attached hydrogen (secondary N) is 1. The van der Waals surface area contributed by atoms with E-state index in [-0.39, 0.29) is 12.3 Å². The first-order valence-corrected chi connectivity index (χ1v) is 7.37. The van der Waals surface area contributed by atoms with E-state index in [0.717, 1.165) is 0 Å². The maximum atomic E-state index is 12.1. The molecule has 3 atom stereocenters. The van der Waals surface area contributed by atoms with Crippen molar-refractivity contribution in [2.75, 3.05) is 6.54 Å². The Balaban J connectivity index is 2.05. The first-order chi connectivity index (χ1) is 11.0. The van der Waals surface area contributed by atoms with E-state index in [4.69, 9.17) is 14.2 Å². The normalized spacial score (nSPS) is 23.1. The second-order valence-corrected chi connectivity index (χ2v) is 5.04. The highest BCUT2D eigenvalue weighted by atomic mass is 16.7. The molecule has 0 saturated carbocycles. The molecule has 124 valence electrons. The Kier molecular flexibility index (Phi) is 5.70. The van der Waals surface area contributed by atoms with Crippen molar-refractivity contribution in [2.24, 2.45) is 0 Å². The molecule has 1 heterocycles. The third kappa shape index (κ3) is 4.53. The SMILES string of the molecule is CCNC(=O)[C@@H]1C[C@@H](OC(=O)c2ccccc2)C(OC(C)=O)O1. The Labute approximate surface area is 133 Å². The van der Waals surface area contributed by atoms with E-state index in [2.05, 4.69) is 5.32 Å². The van der Waals surface area contributed by atoms with Crippen LogP contribution in [0, 0.1) is 0 Å². The Hall–Kier alpha value is -2.41. The van der Waals surface area contributed by atoms with Crippen molar-refractivity contribution >= 4 is 17.8 Å². The van der Waals surface area contributed by atoms with Gasteiger partial charge < -0.3 is 19.5 Å². The summed E-state index contributed by atoms with van der Waals surface area (Å²) in [4.78, 5) is 35.1. The van der Waals surface area contributed by atoms with Crippen LogP contribution in [0.25, 0.3) is 0 Å². The van der Waals surface area contributed by atoms with Crippen molar-refractivity contribution in [3.05, 3.63) is 35.9 Å². The number of hydrogen-bond donors (Lipinski definition) is 1. The number of likely N-dealkylation sites (N-methyl/N-ethyl adjacent to an activating group) is 1. The van der Waals surface area contributed by atoms with Crippen LogP contribution in [0.5, 0.6) is 0 Å². The van der Waals surface area contributed by atoms with Gasteiger partial charge >= 0.3 is 11.9 Å². The van der Waals surface area contributed by atoms with Crippen LogP contribution in [0.3, 0.4) is 0 Å². The average molecular weight is 321 g/mol. The van der Waals surface area contributed by atoms with Crippen LogP contribution in [-0.2, 0) is 23.8 Å². The quantitative estimate of drug-likeness (QED) is 0.815. The lowest BCUT2D eigenvalue weighted by molar-refractivity contribution is -0.187. The van der Waals surface area contributed by atoms with Gasteiger partial charge in [-0.1, -0.05) is 18.2 Å². The van der Waals surface area contributed by atoms with Gasteiger partial charge in [0.2, 0.25) is 12.2 Å². The van der Waals surface area contributed by atoms with Gasteiger partial charge in [-0.15, -0.1) is 0 Å². The number of hydrogen-bond acceptors (Lipinski definition) is 6. The summed E-state index contributed by atoms with van der Waals surface area (Å²) in [5.74, 6) is -1.47. The molecule has 23 heavy (non-hydrogen) atoms. The van der Waals surface area contributed by atoms with Gasteiger partial charge in [0.15, 0.2) is 6.10 Å². The minimum atomic E-state index is -1.09. The van der Waals surface area contributed by atoms with Crippen LogP contribution < -0.4 is 5.32 Å². The lowest BCUT2D eigenvalue weighted by Crippen LogP contribution is -2.34. The van der Waals surface area contributed by atoms with E-state index >= 15 is 0 Å². The summed E-state index contributed by atoms with van der Waals surface area (Å²) in [6, 6.07) is 8.42. The molecule has 1 aromatic carbocycles. The number of ether oxygens (including phenoxy) is 3. The monoisotopic (exact) mass is 321 g/mol. The van der Waals surface area contributed by atoms with Crippen LogP contribution in [-0.4, -0.2) is 42.9 Å². The third-order valence-corrected chi connectivity index (χ3v) is 3.24. The van der Waals surface area contributed by atoms with Crippen LogP contribution >= 0.6 is 0 Å². The molecule has 0 spiro atoms. The summed E-state index contributed by atoms with van der Waals surface area (Å²) >= 11 is 0. The summed E-state index contributed by atoms with van der Waals surface area (Å²) in [5, 5.41) is 2.62. The maximum absolute atomic E-state index is 12.1. The first-order valence-electron chi connectivity index (χ1n) is 7.37. The molecule has 0 bridgehead atoms. The van der Waals surface area contributed by atoms with E-state index in [1.54, 1.807) is 37.3 Å². The van der Waals surface area contributed by atoms with Gasteiger partial charge in [0.1, 0.15) is 6.10 Å². The number of esters is 2. The fraction of sp³-hybridized carbons (Fsp3) is 0.438. The summed E-state index contributed by atoms with van der Waals surface area (Å²) in [5.41, 5.74) is 0.371. The predicted molar refractivity (Wildman–Crippen MR) is 79.4 cm³/mol. The minimum absolute atomic E-state index is 0.127. The van der Waals surface area contributed by atoms with Crippen LogP contribution in [0.2, 0.25) is 0 Å². The average Bonchev–Trinajstić information content (AvgIpc) is 2.90. The summed E-state index contributed by atoms with van der Waals surface area (Å²) < 4.78 is 15.8. The van der Waals surface area contributed by atoms with Gasteiger partial charge in [0.05, 0.1) is 5.56 Å². The zero-order valence-corrected chi connectivity index (χ0v) is 13.0. The Morgan fingerprint density at radius 2 is 1.91 bits per heavy atom. The molecule has 1 aromatic rings. The predicted octanol–water partition coefficient (Wildman–Crippen LogP) is 1.03. The van der Waals surface area contributed by atoms with E-state index in [1.807, 2.05) is 0 Å². The highest BCUT2D eigenvalue weighted by molar-refractivity contribution is 5.89. The van der Waals surface area contributed by atoms with E-state index in [0.29, 0.717) is 12.1 Å². The second-order valence-electron chi connectivity index (χ2n) is 5.04. The molecule has 7 heteroatoms. The van der Waals surface area contributed by atoms with Crippen molar-refractivity contribution in [1.82, 2.24) is 5.32 Å². The first kappa shape index (κ1) is 17.0. The standard InChI is InChI=1S/C16H19NO6/c1-3-17-14(19)12-9-13(16(23-12)21-10(2)18)22-15(20)11-7-5-4-6-8-11/h4-8,12-13,16H,3,9H2,1-2H3,(H,17,19)/t12-,13+,16?/m0/s1.